The number of nitriles is 1. The van der Waals surface area contributed by atoms with E-state index in [4.69, 9.17) is 26.3 Å². The Morgan fingerprint density at radius 1 is 1.27 bits per heavy atom. The second-order valence-electron chi connectivity index (χ2n) is 6.09. The highest BCUT2D eigenvalue weighted by atomic mass is 35.5. The minimum atomic E-state index is -2.83. The lowest BCUT2D eigenvalue weighted by Gasteiger charge is -2.13. The van der Waals surface area contributed by atoms with Gasteiger partial charge in [-0.05, 0) is 31.2 Å². The fourth-order valence-electron chi connectivity index (χ4n) is 2.60. The zero-order valence-electron chi connectivity index (χ0n) is 15.8. The van der Waals surface area contributed by atoms with Crippen molar-refractivity contribution in [3.63, 3.8) is 0 Å². The summed E-state index contributed by atoms with van der Waals surface area (Å²) in [5.74, 6) is 0.0866. The van der Waals surface area contributed by atoms with E-state index in [9.17, 15) is 13.6 Å². The molecule has 3 rings (SSSR count). The van der Waals surface area contributed by atoms with Crippen LogP contribution in [-0.2, 0) is 6.54 Å². The van der Waals surface area contributed by atoms with Gasteiger partial charge in [-0.3, -0.25) is 9.36 Å². The normalized spacial score (nSPS) is 10.7. The Balaban J connectivity index is 2.00. The van der Waals surface area contributed by atoms with E-state index in [2.05, 4.69) is 15.2 Å². The van der Waals surface area contributed by atoms with Gasteiger partial charge in [-0.1, -0.05) is 11.6 Å². The van der Waals surface area contributed by atoms with Crippen LogP contribution in [0.1, 0.15) is 28.9 Å². The van der Waals surface area contributed by atoms with Crippen LogP contribution < -0.4 is 15.0 Å². The van der Waals surface area contributed by atoms with Crippen LogP contribution in [0.2, 0.25) is 5.02 Å². The lowest BCUT2D eigenvalue weighted by Crippen LogP contribution is -2.24. The van der Waals surface area contributed by atoms with Crippen molar-refractivity contribution in [2.24, 2.45) is 0 Å². The first-order chi connectivity index (χ1) is 14.3. The molecular formula is C19H14ClF2N5O3. The van der Waals surface area contributed by atoms with Crippen LogP contribution in [0.4, 0.5) is 8.78 Å². The van der Waals surface area contributed by atoms with Crippen molar-refractivity contribution in [1.82, 2.24) is 19.7 Å². The van der Waals surface area contributed by atoms with Crippen molar-refractivity contribution < 1.29 is 18.3 Å². The summed E-state index contributed by atoms with van der Waals surface area (Å²) in [4.78, 5) is 17.1. The molecule has 8 nitrogen and oxygen atoms in total. The van der Waals surface area contributed by atoms with E-state index in [0.717, 1.165) is 10.6 Å². The molecule has 0 radical (unpaired) electrons. The molecule has 3 aromatic rings. The predicted molar refractivity (Wildman–Crippen MR) is 102 cm³/mol. The topological polar surface area (TPSA) is 103 Å². The van der Waals surface area contributed by atoms with Crippen molar-refractivity contribution in [2.75, 3.05) is 7.11 Å². The average Bonchev–Trinajstić information content (AvgIpc) is 2.72. The molecule has 11 heteroatoms. The zero-order chi connectivity index (χ0) is 21.8. The number of aryl methyl sites for hydroxylation is 1. The summed E-state index contributed by atoms with van der Waals surface area (Å²) in [5.41, 5.74) is -0.345. The number of methoxy groups -OCH3 is 1. The zero-order valence-corrected chi connectivity index (χ0v) is 16.5. The maximum atomic E-state index is 13.0. The van der Waals surface area contributed by atoms with Gasteiger partial charge < -0.3 is 9.47 Å². The van der Waals surface area contributed by atoms with E-state index < -0.39 is 17.7 Å². The largest absolute Gasteiger partial charge is 0.480 e. The molecule has 0 saturated heterocycles. The van der Waals surface area contributed by atoms with Gasteiger partial charge in [0.25, 0.3) is 12.0 Å². The van der Waals surface area contributed by atoms with Crippen molar-refractivity contribution in [2.45, 2.75) is 19.9 Å². The molecule has 1 aromatic carbocycles. The molecule has 0 amide bonds. The van der Waals surface area contributed by atoms with Gasteiger partial charge in [-0.15, -0.1) is 10.2 Å². The number of nitrogens with zero attached hydrogens (tertiary/aromatic N) is 5. The van der Waals surface area contributed by atoms with Crippen molar-refractivity contribution in [3.8, 4) is 23.4 Å². The first-order valence-corrected chi connectivity index (χ1v) is 8.83. The molecule has 2 heterocycles. The molecule has 0 N–H and O–H groups in total. The Morgan fingerprint density at radius 2 is 2.03 bits per heavy atom. The van der Waals surface area contributed by atoms with Gasteiger partial charge in [0, 0.05) is 10.6 Å². The summed E-state index contributed by atoms with van der Waals surface area (Å²) in [7, 11) is 1.31. The number of ether oxygens (including phenoxy) is 2. The van der Waals surface area contributed by atoms with Crippen molar-refractivity contribution >= 4 is 11.6 Å². The third-order valence-corrected chi connectivity index (χ3v) is 4.22. The lowest BCUT2D eigenvalue weighted by atomic mass is 10.2. The van der Waals surface area contributed by atoms with E-state index in [1.165, 1.54) is 31.6 Å². The van der Waals surface area contributed by atoms with Gasteiger partial charge in [0.05, 0.1) is 37.3 Å². The summed E-state index contributed by atoms with van der Waals surface area (Å²) in [6, 6.07) is 7.38. The fourth-order valence-corrected chi connectivity index (χ4v) is 2.82. The molecule has 0 aliphatic carbocycles. The summed E-state index contributed by atoms with van der Waals surface area (Å²) in [5, 5.41) is 16.3. The number of hydrogen-bond donors (Lipinski definition) is 0. The highest BCUT2D eigenvalue weighted by Gasteiger charge is 2.17. The smallest absolute Gasteiger partial charge is 0.296 e. The average molecular weight is 434 g/mol. The number of aromatic nitrogens is 4. The lowest BCUT2D eigenvalue weighted by molar-refractivity contribution is 0.144. The molecule has 0 spiro atoms. The van der Waals surface area contributed by atoms with E-state index in [1.807, 2.05) is 6.07 Å². The Morgan fingerprint density at radius 3 is 2.70 bits per heavy atom. The number of rotatable bonds is 6. The highest BCUT2D eigenvalue weighted by molar-refractivity contribution is 6.30. The third kappa shape index (κ3) is 4.52. The van der Waals surface area contributed by atoms with Gasteiger partial charge in [0.15, 0.2) is 0 Å². The van der Waals surface area contributed by atoms with E-state index in [-0.39, 0.29) is 40.1 Å². The first-order valence-electron chi connectivity index (χ1n) is 8.45. The van der Waals surface area contributed by atoms with Gasteiger partial charge in [-0.25, -0.2) is 13.8 Å². The van der Waals surface area contributed by atoms with Crippen molar-refractivity contribution in [1.29, 1.82) is 5.26 Å². The molecule has 154 valence electrons. The standard InChI is InChI=1S/C19H14ClF2N5O3/c1-10-16(30-14-4-11(7-23)3-13(20)6-14)19(28)27(9-24-10)8-12-5-15(17(21)22)25-26-18(12)29-2/h3-6,9,17H,8H2,1-2H3. The maximum Gasteiger partial charge on any atom is 0.296 e. The fraction of sp³-hybridized carbons (Fsp3) is 0.211. The van der Waals surface area contributed by atoms with Crippen LogP contribution in [-0.4, -0.2) is 26.9 Å². The van der Waals surface area contributed by atoms with Crippen LogP contribution in [0.5, 0.6) is 17.4 Å². The van der Waals surface area contributed by atoms with Gasteiger partial charge >= 0.3 is 0 Å². The molecule has 0 saturated carbocycles. The molecule has 2 aromatic heterocycles. The second kappa shape index (κ2) is 8.84. The molecule has 0 atom stereocenters. The Kier molecular flexibility index (Phi) is 6.23. The van der Waals surface area contributed by atoms with Crippen LogP contribution >= 0.6 is 11.6 Å². The molecule has 0 unspecified atom stereocenters. The number of alkyl halides is 2. The maximum absolute atomic E-state index is 13.0. The minimum Gasteiger partial charge on any atom is -0.480 e. The Hall–Kier alpha value is -3.58. The monoisotopic (exact) mass is 433 g/mol. The molecule has 0 bridgehead atoms. The number of benzene rings is 1. The number of hydrogen-bond acceptors (Lipinski definition) is 7. The first kappa shape index (κ1) is 21.1. The summed E-state index contributed by atoms with van der Waals surface area (Å²) < 4.78 is 37.8. The van der Waals surface area contributed by atoms with Gasteiger partial charge in [0.1, 0.15) is 11.4 Å². The van der Waals surface area contributed by atoms with Crippen LogP contribution in [0.3, 0.4) is 0 Å². The highest BCUT2D eigenvalue weighted by Crippen LogP contribution is 2.26. The van der Waals surface area contributed by atoms with Crippen LogP contribution in [0.25, 0.3) is 0 Å². The van der Waals surface area contributed by atoms with Crippen LogP contribution in [0, 0.1) is 18.3 Å². The van der Waals surface area contributed by atoms with E-state index in [1.54, 1.807) is 6.92 Å². The molecule has 0 fully saturated rings. The third-order valence-electron chi connectivity index (χ3n) is 4.01. The summed E-state index contributed by atoms with van der Waals surface area (Å²) in [6.07, 6.45) is -1.57. The molecular weight excluding hydrogens is 420 g/mol. The van der Waals surface area contributed by atoms with Gasteiger partial charge in [0.2, 0.25) is 11.6 Å². The molecule has 0 aliphatic rings. The summed E-state index contributed by atoms with van der Waals surface area (Å²) in [6.45, 7) is 1.42. The second-order valence-corrected chi connectivity index (χ2v) is 6.52. The van der Waals surface area contributed by atoms with Gasteiger partial charge in [-0.2, -0.15) is 5.26 Å². The SMILES string of the molecule is COc1nnc(C(F)F)cc1Cn1cnc(C)c(Oc2cc(Cl)cc(C#N)c2)c1=O. The molecule has 30 heavy (non-hydrogen) atoms. The quantitative estimate of drug-likeness (QED) is 0.584. The molecule has 0 aliphatic heterocycles. The van der Waals surface area contributed by atoms with E-state index >= 15 is 0 Å². The Labute approximate surface area is 174 Å². The van der Waals surface area contributed by atoms with Crippen LogP contribution in [0.15, 0.2) is 35.4 Å². The minimum absolute atomic E-state index is 0.00264. The predicted octanol–water partition coefficient (Wildman–Crippen LogP) is 3.65. The van der Waals surface area contributed by atoms with Crippen molar-refractivity contribution in [3.05, 3.63) is 68.5 Å². The summed E-state index contributed by atoms with van der Waals surface area (Å²) >= 11 is 5.97. The Bertz CT molecular complexity index is 1190. The van der Waals surface area contributed by atoms with E-state index in [0.29, 0.717) is 5.69 Å². The number of halogens is 3.